The van der Waals surface area contributed by atoms with Crippen LogP contribution >= 0.6 is 15.9 Å². The van der Waals surface area contributed by atoms with E-state index in [9.17, 15) is 13.2 Å². The number of halogens is 1. The van der Waals surface area contributed by atoms with Gasteiger partial charge in [-0.2, -0.15) is 0 Å². The zero-order chi connectivity index (χ0) is 15.6. The minimum atomic E-state index is -3.86. The Bertz CT molecular complexity index is 607. The molecule has 0 bridgehead atoms. The lowest BCUT2D eigenvalue weighted by atomic mass is 9.92. The lowest BCUT2D eigenvalue weighted by Gasteiger charge is -2.18. The second kappa shape index (κ2) is 6.24. The standard InChI is InChI=1S/C13H19BrN2O3S/c1-13(2,3)6-7-16-12(17)9-4-5-10(14)11(8-9)20(15,18)19/h4-5,8H,6-7H2,1-3H3,(H,16,17)(H2,15,18,19). The summed E-state index contributed by atoms with van der Waals surface area (Å²) in [6, 6.07) is 4.31. The number of benzene rings is 1. The SMILES string of the molecule is CC(C)(C)CCNC(=O)c1ccc(Br)c(S(N)(=O)=O)c1. The summed E-state index contributed by atoms with van der Waals surface area (Å²) < 4.78 is 23.1. The van der Waals surface area contributed by atoms with Gasteiger partial charge < -0.3 is 5.32 Å². The predicted octanol–water partition coefficient (Wildman–Crippen LogP) is 2.26. The molecule has 0 atom stereocenters. The molecule has 1 aromatic rings. The van der Waals surface area contributed by atoms with Crippen LogP contribution in [0.2, 0.25) is 0 Å². The highest BCUT2D eigenvalue weighted by molar-refractivity contribution is 9.10. The molecule has 0 aliphatic rings. The molecule has 0 aromatic heterocycles. The fourth-order valence-corrected chi connectivity index (χ4v) is 3.07. The monoisotopic (exact) mass is 362 g/mol. The summed E-state index contributed by atoms with van der Waals surface area (Å²) in [5.41, 5.74) is 0.393. The van der Waals surface area contributed by atoms with Crippen molar-refractivity contribution in [1.29, 1.82) is 0 Å². The molecule has 0 heterocycles. The van der Waals surface area contributed by atoms with Crippen LogP contribution in [-0.4, -0.2) is 20.9 Å². The smallest absolute Gasteiger partial charge is 0.251 e. The number of carbonyl (C=O) groups is 1. The van der Waals surface area contributed by atoms with E-state index in [1.165, 1.54) is 12.1 Å². The highest BCUT2D eigenvalue weighted by atomic mass is 79.9. The molecule has 5 nitrogen and oxygen atoms in total. The Kier molecular flexibility index (Phi) is 5.34. The van der Waals surface area contributed by atoms with Crippen LogP contribution in [0.5, 0.6) is 0 Å². The molecular formula is C13H19BrN2O3S. The van der Waals surface area contributed by atoms with Gasteiger partial charge in [0.15, 0.2) is 0 Å². The van der Waals surface area contributed by atoms with E-state index in [0.717, 1.165) is 6.42 Å². The minimum Gasteiger partial charge on any atom is -0.352 e. The van der Waals surface area contributed by atoms with Gasteiger partial charge in [-0.1, -0.05) is 20.8 Å². The highest BCUT2D eigenvalue weighted by Gasteiger charge is 2.16. The zero-order valence-corrected chi connectivity index (χ0v) is 14.1. The summed E-state index contributed by atoms with van der Waals surface area (Å²) in [7, 11) is -3.86. The van der Waals surface area contributed by atoms with Crippen molar-refractivity contribution in [3.63, 3.8) is 0 Å². The topological polar surface area (TPSA) is 89.3 Å². The van der Waals surface area contributed by atoms with Crippen LogP contribution in [0.25, 0.3) is 0 Å². The van der Waals surface area contributed by atoms with Gasteiger partial charge in [-0.05, 0) is 46.0 Å². The van der Waals surface area contributed by atoms with E-state index in [1.54, 1.807) is 6.07 Å². The summed E-state index contributed by atoms with van der Waals surface area (Å²) in [6.07, 6.45) is 0.831. The van der Waals surface area contributed by atoms with E-state index < -0.39 is 10.0 Å². The van der Waals surface area contributed by atoms with Crippen molar-refractivity contribution in [2.24, 2.45) is 10.6 Å². The van der Waals surface area contributed by atoms with Crippen molar-refractivity contribution in [2.75, 3.05) is 6.54 Å². The van der Waals surface area contributed by atoms with Crippen molar-refractivity contribution in [1.82, 2.24) is 5.32 Å². The maximum atomic E-state index is 12.0. The Labute approximate surface area is 128 Å². The summed E-state index contributed by atoms with van der Waals surface area (Å²) >= 11 is 3.10. The Morgan fingerprint density at radius 3 is 2.45 bits per heavy atom. The molecule has 112 valence electrons. The van der Waals surface area contributed by atoms with Gasteiger partial charge in [0.05, 0.1) is 4.90 Å². The van der Waals surface area contributed by atoms with E-state index in [2.05, 4.69) is 42.0 Å². The van der Waals surface area contributed by atoms with Crippen LogP contribution in [0.4, 0.5) is 0 Å². The molecule has 1 aromatic carbocycles. The molecule has 0 saturated heterocycles. The first-order valence-corrected chi connectivity index (χ1v) is 8.45. The van der Waals surface area contributed by atoms with E-state index >= 15 is 0 Å². The molecular weight excluding hydrogens is 344 g/mol. The lowest BCUT2D eigenvalue weighted by Crippen LogP contribution is -2.27. The number of primary sulfonamides is 1. The zero-order valence-electron chi connectivity index (χ0n) is 11.7. The molecule has 0 aliphatic heterocycles. The average Bonchev–Trinajstić information content (AvgIpc) is 2.26. The minimum absolute atomic E-state index is 0.0963. The summed E-state index contributed by atoms with van der Waals surface area (Å²) in [5.74, 6) is -0.313. The average molecular weight is 363 g/mol. The second-order valence-electron chi connectivity index (χ2n) is 5.76. The van der Waals surface area contributed by atoms with Crippen LogP contribution in [0.15, 0.2) is 27.6 Å². The molecule has 0 saturated carbocycles. The number of hydrogen-bond acceptors (Lipinski definition) is 3. The molecule has 0 spiro atoms. The van der Waals surface area contributed by atoms with Gasteiger partial charge in [-0.3, -0.25) is 4.79 Å². The van der Waals surface area contributed by atoms with Crippen LogP contribution in [-0.2, 0) is 10.0 Å². The lowest BCUT2D eigenvalue weighted by molar-refractivity contribution is 0.0949. The van der Waals surface area contributed by atoms with Crippen molar-refractivity contribution in [2.45, 2.75) is 32.1 Å². The molecule has 3 N–H and O–H groups in total. The molecule has 0 aliphatic carbocycles. The van der Waals surface area contributed by atoms with Gasteiger partial charge in [0.25, 0.3) is 5.91 Å². The summed E-state index contributed by atoms with van der Waals surface area (Å²) in [5, 5.41) is 7.86. The Balaban J connectivity index is 2.85. The third-order valence-electron chi connectivity index (χ3n) is 2.66. The largest absolute Gasteiger partial charge is 0.352 e. The quantitative estimate of drug-likeness (QED) is 0.860. The van der Waals surface area contributed by atoms with Gasteiger partial charge in [0.2, 0.25) is 10.0 Å². The number of sulfonamides is 1. The molecule has 20 heavy (non-hydrogen) atoms. The summed E-state index contributed by atoms with van der Waals surface area (Å²) in [6.45, 7) is 6.77. The van der Waals surface area contributed by atoms with Gasteiger partial charge in [0, 0.05) is 16.6 Å². The Hall–Kier alpha value is -0.920. The third-order valence-corrected chi connectivity index (χ3v) is 4.57. The predicted molar refractivity (Wildman–Crippen MR) is 81.9 cm³/mol. The molecule has 1 amide bonds. The first-order chi connectivity index (χ1) is 9.00. The first kappa shape index (κ1) is 17.1. The van der Waals surface area contributed by atoms with Gasteiger partial charge in [-0.15, -0.1) is 0 Å². The number of nitrogens with one attached hydrogen (secondary N) is 1. The number of nitrogens with two attached hydrogens (primary N) is 1. The fourth-order valence-electron chi connectivity index (χ4n) is 1.52. The number of amides is 1. The number of carbonyl (C=O) groups excluding carboxylic acids is 1. The fraction of sp³-hybridized carbons (Fsp3) is 0.462. The van der Waals surface area contributed by atoms with Crippen LogP contribution in [0, 0.1) is 5.41 Å². The molecule has 0 unspecified atom stereocenters. The first-order valence-electron chi connectivity index (χ1n) is 6.11. The molecule has 7 heteroatoms. The number of rotatable bonds is 4. The summed E-state index contributed by atoms with van der Waals surface area (Å²) in [4.78, 5) is 11.9. The number of hydrogen-bond donors (Lipinski definition) is 2. The second-order valence-corrected chi connectivity index (χ2v) is 8.14. The van der Waals surface area contributed by atoms with Crippen LogP contribution in [0.1, 0.15) is 37.6 Å². The Morgan fingerprint density at radius 2 is 1.95 bits per heavy atom. The van der Waals surface area contributed by atoms with Crippen molar-refractivity contribution in [3.05, 3.63) is 28.2 Å². The van der Waals surface area contributed by atoms with E-state index in [1.807, 2.05) is 0 Å². The maximum absolute atomic E-state index is 12.0. The van der Waals surface area contributed by atoms with Crippen molar-refractivity contribution < 1.29 is 13.2 Å². The molecule has 1 rings (SSSR count). The third kappa shape index (κ3) is 5.22. The van der Waals surface area contributed by atoms with Gasteiger partial charge in [-0.25, -0.2) is 13.6 Å². The van der Waals surface area contributed by atoms with E-state index in [-0.39, 0.29) is 21.8 Å². The maximum Gasteiger partial charge on any atom is 0.251 e. The van der Waals surface area contributed by atoms with Crippen molar-refractivity contribution >= 4 is 31.9 Å². The van der Waals surface area contributed by atoms with E-state index in [0.29, 0.717) is 11.0 Å². The van der Waals surface area contributed by atoms with Crippen molar-refractivity contribution in [3.8, 4) is 0 Å². The highest BCUT2D eigenvalue weighted by Crippen LogP contribution is 2.22. The Morgan fingerprint density at radius 1 is 1.35 bits per heavy atom. The van der Waals surface area contributed by atoms with Crippen LogP contribution < -0.4 is 10.5 Å². The van der Waals surface area contributed by atoms with Crippen LogP contribution in [0.3, 0.4) is 0 Å². The normalized spacial score (nSPS) is 12.2. The van der Waals surface area contributed by atoms with E-state index in [4.69, 9.17) is 5.14 Å². The van der Waals surface area contributed by atoms with Gasteiger partial charge >= 0.3 is 0 Å². The molecule has 0 radical (unpaired) electrons. The van der Waals surface area contributed by atoms with Gasteiger partial charge in [0.1, 0.15) is 0 Å². The molecule has 0 fully saturated rings.